The molecular weight excluding hydrogens is 164 g/mol. The van der Waals surface area contributed by atoms with E-state index in [0.29, 0.717) is 12.0 Å². The maximum Gasteiger partial charge on any atom is 0.220 e. The molecule has 0 spiro atoms. The summed E-state index contributed by atoms with van der Waals surface area (Å²) in [6.07, 6.45) is 5.61. The van der Waals surface area contributed by atoms with Crippen LogP contribution in [0.2, 0.25) is 0 Å². The second kappa shape index (κ2) is 4.09. The van der Waals surface area contributed by atoms with Crippen LogP contribution in [0.4, 0.5) is 0 Å². The van der Waals surface area contributed by atoms with E-state index in [1.54, 1.807) is 0 Å². The molecule has 1 aliphatic heterocycles. The van der Waals surface area contributed by atoms with Crippen molar-refractivity contribution in [1.29, 1.82) is 0 Å². The summed E-state index contributed by atoms with van der Waals surface area (Å²) in [5.74, 6) is 0.966. The Balaban J connectivity index is 1.66. The Morgan fingerprint density at radius 1 is 1.38 bits per heavy atom. The zero-order chi connectivity index (χ0) is 9.10. The van der Waals surface area contributed by atoms with E-state index in [2.05, 4.69) is 10.6 Å². The molecule has 0 radical (unpaired) electrons. The molecule has 2 rings (SSSR count). The van der Waals surface area contributed by atoms with E-state index in [4.69, 9.17) is 0 Å². The van der Waals surface area contributed by atoms with E-state index in [0.717, 1.165) is 25.9 Å². The van der Waals surface area contributed by atoms with Gasteiger partial charge in [-0.25, -0.2) is 0 Å². The van der Waals surface area contributed by atoms with Gasteiger partial charge in [0.25, 0.3) is 0 Å². The molecule has 74 valence electrons. The normalized spacial score (nSPS) is 28.5. The van der Waals surface area contributed by atoms with Crippen LogP contribution in [-0.2, 0) is 4.79 Å². The molecule has 1 saturated heterocycles. The Hall–Kier alpha value is -0.570. The van der Waals surface area contributed by atoms with Crippen LogP contribution >= 0.6 is 0 Å². The van der Waals surface area contributed by atoms with Crippen LogP contribution < -0.4 is 10.6 Å². The van der Waals surface area contributed by atoms with Gasteiger partial charge in [0.1, 0.15) is 0 Å². The van der Waals surface area contributed by atoms with Crippen LogP contribution in [-0.4, -0.2) is 25.0 Å². The number of nitrogens with one attached hydrogen (secondary N) is 2. The predicted octanol–water partition coefficient (Wildman–Crippen LogP) is 0.655. The number of hydrogen-bond acceptors (Lipinski definition) is 2. The van der Waals surface area contributed by atoms with Crippen molar-refractivity contribution in [2.24, 2.45) is 5.92 Å². The minimum absolute atomic E-state index is 0.260. The summed E-state index contributed by atoms with van der Waals surface area (Å²) in [6, 6.07) is 0.389. The SMILES string of the molecule is O=C(CC1CC1)N[C@@H]1CCCNC1. The number of amides is 1. The van der Waals surface area contributed by atoms with Crippen LogP contribution in [0, 0.1) is 5.92 Å². The summed E-state index contributed by atoms with van der Waals surface area (Å²) < 4.78 is 0. The average molecular weight is 182 g/mol. The maximum absolute atomic E-state index is 11.4. The molecule has 0 aromatic carbocycles. The lowest BCUT2D eigenvalue weighted by Gasteiger charge is -2.23. The summed E-state index contributed by atoms with van der Waals surface area (Å²) >= 11 is 0. The molecule has 2 fully saturated rings. The van der Waals surface area contributed by atoms with E-state index >= 15 is 0 Å². The number of piperidine rings is 1. The van der Waals surface area contributed by atoms with Crippen molar-refractivity contribution in [2.75, 3.05) is 13.1 Å². The van der Waals surface area contributed by atoms with Gasteiger partial charge in [-0.15, -0.1) is 0 Å². The fraction of sp³-hybridized carbons (Fsp3) is 0.900. The Bertz CT molecular complexity index is 183. The van der Waals surface area contributed by atoms with Crippen molar-refractivity contribution in [3.05, 3.63) is 0 Å². The van der Waals surface area contributed by atoms with Gasteiger partial charge >= 0.3 is 0 Å². The highest BCUT2D eigenvalue weighted by Crippen LogP contribution is 2.32. The molecule has 1 amide bonds. The molecule has 13 heavy (non-hydrogen) atoms. The monoisotopic (exact) mass is 182 g/mol. The first-order valence-corrected chi connectivity index (χ1v) is 5.34. The Kier molecular flexibility index (Phi) is 2.83. The first kappa shape index (κ1) is 9.00. The predicted molar refractivity (Wildman–Crippen MR) is 51.4 cm³/mol. The second-order valence-corrected chi connectivity index (χ2v) is 4.26. The molecule has 0 aromatic rings. The number of hydrogen-bond donors (Lipinski definition) is 2. The van der Waals surface area contributed by atoms with Crippen molar-refractivity contribution in [1.82, 2.24) is 10.6 Å². The van der Waals surface area contributed by atoms with Gasteiger partial charge < -0.3 is 10.6 Å². The molecule has 3 heteroatoms. The first-order valence-electron chi connectivity index (χ1n) is 5.34. The van der Waals surface area contributed by atoms with Crippen molar-refractivity contribution < 1.29 is 4.79 Å². The zero-order valence-corrected chi connectivity index (χ0v) is 8.01. The number of carbonyl (C=O) groups is 1. The Labute approximate surface area is 79.3 Å². The van der Waals surface area contributed by atoms with E-state index < -0.39 is 0 Å². The molecule has 3 nitrogen and oxygen atoms in total. The highest BCUT2D eigenvalue weighted by molar-refractivity contribution is 5.76. The van der Waals surface area contributed by atoms with E-state index in [9.17, 15) is 4.79 Å². The summed E-state index contributed by atoms with van der Waals surface area (Å²) in [4.78, 5) is 11.4. The Morgan fingerprint density at radius 3 is 2.85 bits per heavy atom. The van der Waals surface area contributed by atoms with Gasteiger partial charge in [-0.2, -0.15) is 0 Å². The zero-order valence-electron chi connectivity index (χ0n) is 8.01. The van der Waals surface area contributed by atoms with E-state index in [1.807, 2.05) is 0 Å². The minimum Gasteiger partial charge on any atom is -0.352 e. The maximum atomic E-state index is 11.4. The van der Waals surface area contributed by atoms with Crippen molar-refractivity contribution in [2.45, 2.75) is 38.1 Å². The third-order valence-corrected chi connectivity index (χ3v) is 2.83. The van der Waals surface area contributed by atoms with Crippen molar-refractivity contribution >= 4 is 5.91 Å². The first-order chi connectivity index (χ1) is 6.34. The van der Waals surface area contributed by atoms with Gasteiger partial charge in [0.2, 0.25) is 5.91 Å². The lowest BCUT2D eigenvalue weighted by atomic mass is 10.1. The molecule has 0 bridgehead atoms. The topological polar surface area (TPSA) is 41.1 Å². The summed E-state index contributed by atoms with van der Waals surface area (Å²) in [6.45, 7) is 2.06. The van der Waals surface area contributed by atoms with Gasteiger partial charge in [-0.3, -0.25) is 4.79 Å². The number of rotatable bonds is 3. The third-order valence-electron chi connectivity index (χ3n) is 2.83. The van der Waals surface area contributed by atoms with Crippen molar-refractivity contribution in [3.63, 3.8) is 0 Å². The molecule has 2 N–H and O–H groups in total. The van der Waals surface area contributed by atoms with Gasteiger partial charge in [0.05, 0.1) is 0 Å². The van der Waals surface area contributed by atoms with Crippen LogP contribution in [0.1, 0.15) is 32.1 Å². The van der Waals surface area contributed by atoms with Gasteiger partial charge in [0.15, 0.2) is 0 Å². The highest BCUT2D eigenvalue weighted by atomic mass is 16.1. The molecule has 1 saturated carbocycles. The lowest BCUT2D eigenvalue weighted by Crippen LogP contribution is -2.45. The molecule has 0 aromatic heterocycles. The van der Waals surface area contributed by atoms with Gasteiger partial charge in [-0.05, 0) is 38.1 Å². The summed E-state index contributed by atoms with van der Waals surface area (Å²) in [5.41, 5.74) is 0. The fourth-order valence-corrected chi connectivity index (χ4v) is 1.85. The minimum atomic E-state index is 0.260. The van der Waals surface area contributed by atoms with Crippen LogP contribution in [0.3, 0.4) is 0 Å². The molecule has 0 unspecified atom stereocenters. The van der Waals surface area contributed by atoms with E-state index in [-0.39, 0.29) is 5.91 Å². The van der Waals surface area contributed by atoms with Crippen LogP contribution in [0.15, 0.2) is 0 Å². The number of carbonyl (C=O) groups excluding carboxylic acids is 1. The quantitative estimate of drug-likeness (QED) is 0.673. The lowest BCUT2D eigenvalue weighted by molar-refractivity contribution is -0.122. The molecular formula is C10H18N2O. The summed E-state index contributed by atoms with van der Waals surface area (Å²) in [5, 5.41) is 6.38. The average Bonchev–Trinajstić information content (AvgIpc) is 2.90. The highest BCUT2D eigenvalue weighted by Gasteiger charge is 2.25. The fourth-order valence-electron chi connectivity index (χ4n) is 1.85. The van der Waals surface area contributed by atoms with Gasteiger partial charge in [-0.1, -0.05) is 0 Å². The van der Waals surface area contributed by atoms with E-state index in [1.165, 1.54) is 19.3 Å². The largest absolute Gasteiger partial charge is 0.352 e. The second-order valence-electron chi connectivity index (χ2n) is 4.26. The standard InChI is InChI=1S/C10H18N2O/c13-10(6-8-3-4-8)12-9-2-1-5-11-7-9/h8-9,11H,1-7H2,(H,12,13)/t9-/m1/s1. The molecule has 1 atom stereocenters. The summed E-state index contributed by atoms with van der Waals surface area (Å²) in [7, 11) is 0. The van der Waals surface area contributed by atoms with Gasteiger partial charge in [0, 0.05) is 19.0 Å². The third kappa shape index (κ3) is 2.99. The van der Waals surface area contributed by atoms with Crippen molar-refractivity contribution in [3.8, 4) is 0 Å². The van der Waals surface area contributed by atoms with Crippen LogP contribution in [0.25, 0.3) is 0 Å². The molecule has 1 aliphatic carbocycles. The van der Waals surface area contributed by atoms with Crippen LogP contribution in [0.5, 0.6) is 0 Å². The smallest absolute Gasteiger partial charge is 0.220 e. The molecule has 2 aliphatic rings. The molecule has 1 heterocycles. The Morgan fingerprint density at radius 2 is 2.23 bits per heavy atom.